The molecule has 1 aromatic rings. The molecule has 134 valence electrons. The molecule has 1 aliphatic carbocycles. The third-order valence-electron chi connectivity index (χ3n) is 4.15. The van der Waals surface area contributed by atoms with E-state index < -0.39 is 5.97 Å². The molecule has 24 heavy (non-hydrogen) atoms. The molecule has 8 heteroatoms. The van der Waals surface area contributed by atoms with Crippen LogP contribution in [0.5, 0.6) is 0 Å². The van der Waals surface area contributed by atoms with Gasteiger partial charge in [-0.05, 0) is 25.3 Å². The minimum atomic E-state index is -0.815. The lowest BCUT2D eigenvalue weighted by Gasteiger charge is -2.42. The highest BCUT2D eigenvalue weighted by atomic mass is 16.4. The van der Waals surface area contributed by atoms with Crippen LogP contribution in [-0.2, 0) is 11.3 Å². The van der Waals surface area contributed by atoms with Crippen LogP contribution >= 0.6 is 0 Å². The molecule has 2 rings (SSSR count). The summed E-state index contributed by atoms with van der Waals surface area (Å²) in [6.45, 7) is 7.73. The highest BCUT2D eigenvalue weighted by Crippen LogP contribution is 2.25. The Morgan fingerprint density at radius 3 is 2.75 bits per heavy atom. The van der Waals surface area contributed by atoms with E-state index in [-0.39, 0.29) is 24.7 Å². The average Bonchev–Trinajstić information content (AvgIpc) is 2.86. The monoisotopic (exact) mass is 337 g/mol. The van der Waals surface area contributed by atoms with Gasteiger partial charge >= 0.3 is 12.0 Å². The fraction of sp³-hybridized carbons (Fsp3) is 0.688. The molecule has 0 aromatic carbocycles. The van der Waals surface area contributed by atoms with Crippen molar-refractivity contribution in [3.05, 3.63) is 12.4 Å². The lowest BCUT2D eigenvalue weighted by molar-refractivity contribution is -0.139. The fourth-order valence-electron chi connectivity index (χ4n) is 2.93. The number of nitrogens with one attached hydrogen (secondary N) is 2. The van der Waals surface area contributed by atoms with Gasteiger partial charge in [-0.2, -0.15) is 5.10 Å². The van der Waals surface area contributed by atoms with E-state index in [1.165, 1.54) is 0 Å². The van der Waals surface area contributed by atoms with Crippen molar-refractivity contribution in [2.24, 2.45) is 5.92 Å². The van der Waals surface area contributed by atoms with Crippen molar-refractivity contribution < 1.29 is 14.7 Å². The van der Waals surface area contributed by atoms with Crippen LogP contribution in [0.2, 0.25) is 0 Å². The van der Waals surface area contributed by atoms with E-state index in [1.54, 1.807) is 6.20 Å². The Bertz CT molecular complexity index is 566. The summed E-state index contributed by atoms with van der Waals surface area (Å²) in [7, 11) is 0. The van der Waals surface area contributed by atoms with Crippen molar-refractivity contribution in [3.63, 3.8) is 0 Å². The summed E-state index contributed by atoms with van der Waals surface area (Å²) >= 11 is 0. The Hall–Kier alpha value is -2.09. The number of hydrogen-bond donors (Lipinski definition) is 3. The number of aliphatic carboxylic acids is 1. The normalized spacial score (nSPS) is 20.0. The number of rotatable bonds is 8. The van der Waals surface area contributed by atoms with Gasteiger partial charge in [0, 0.05) is 24.8 Å². The van der Waals surface area contributed by atoms with Crippen LogP contribution in [0.1, 0.15) is 33.6 Å². The lowest BCUT2D eigenvalue weighted by atomic mass is 9.85. The Balaban J connectivity index is 1.72. The van der Waals surface area contributed by atoms with Crippen molar-refractivity contribution in [2.45, 2.75) is 52.2 Å². The van der Waals surface area contributed by atoms with E-state index in [1.807, 2.05) is 22.7 Å². The second-order valence-electron chi connectivity index (χ2n) is 6.72. The average molecular weight is 337 g/mol. The number of carboxylic acids is 1. The van der Waals surface area contributed by atoms with E-state index in [0.717, 1.165) is 19.4 Å². The fourth-order valence-corrected chi connectivity index (χ4v) is 2.93. The molecule has 1 fully saturated rings. The zero-order chi connectivity index (χ0) is 17.7. The topological polar surface area (TPSA) is 99.5 Å². The van der Waals surface area contributed by atoms with E-state index in [2.05, 4.69) is 29.6 Å². The summed E-state index contributed by atoms with van der Waals surface area (Å²) in [4.78, 5) is 24.7. The van der Waals surface area contributed by atoms with Crippen LogP contribution in [0.4, 0.5) is 10.5 Å². The molecule has 1 heterocycles. The molecule has 0 saturated heterocycles. The largest absolute Gasteiger partial charge is 0.480 e. The van der Waals surface area contributed by atoms with Gasteiger partial charge in [-0.1, -0.05) is 20.8 Å². The maximum Gasteiger partial charge on any atom is 0.319 e. The Kier molecular flexibility index (Phi) is 6.19. The Morgan fingerprint density at radius 2 is 2.17 bits per heavy atom. The lowest BCUT2D eigenvalue weighted by Crippen LogP contribution is -2.55. The number of amides is 2. The number of anilines is 1. The van der Waals surface area contributed by atoms with Gasteiger partial charge in [-0.15, -0.1) is 0 Å². The molecule has 0 atom stereocenters. The van der Waals surface area contributed by atoms with Crippen molar-refractivity contribution in [2.75, 3.05) is 18.4 Å². The second-order valence-corrected chi connectivity index (χ2v) is 6.72. The van der Waals surface area contributed by atoms with Crippen LogP contribution in [0.15, 0.2) is 12.4 Å². The van der Waals surface area contributed by atoms with Crippen LogP contribution in [0.3, 0.4) is 0 Å². The van der Waals surface area contributed by atoms with Crippen molar-refractivity contribution in [3.8, 4) is 0 Å². The quantitative estimate of drug-likeness (QED) is 0.669. The van der Waals surface area contributed by atoms with Crippen LogP contribution in [0.25, 0.3) is 0 Å². The van der Waals surface area contributed by atoms with Crippen molar-refractivity contribution in [1.82, 2.24) is 20.0 Å². The van der Waals surface area contributed by atoms with E-state index >= 15 is 0 Å². The molecule has 1 aliphatic rings. The number of carboxylic acid groups (broad SMARTS) is 1. The SMILES string of the molecule is CCN(CC(=O)O)C1CC(NC(=O)Nc2cnn(CC(C)C)c2)C1. The molecule has 2 amide bonds. The zero-order valence-corrected chi connectivity index (χ0v) is 14.5. The first-order valence-electron chi connectivity index (χ1n) is 8.43. The van der Waals surface area contributed by atoms with Gasteiger partial charge in [0.1, 0.15) is 0 Å². The molecule has 0 radical (unpaired) electrons. The van der Waals surface area contributed by atoms with Gasteiger partial charge < -0.3 is 15.7 Å². The number of urea groups is 1. The maximum absolute atomic E-state index is 12.0. The first kappa shape index (κ1) is 18.3. The molecule has 1 aromatic heterocycles. The number of aromatic nitrogens is 2. The first-order chi connectivity index (χ1) is 11.4. The third-order valence-corrected chi connectivity index (χ3v) is 4.15. The molecule has 1 saturated carbocycles. The van der Waals surface area contributed by atoms with Gasteiger partial charge in [-0.3, -0.25) is 14.4 Å². The highest BCUT2D eigenvalue weighted by molar-refractivity contribution is 5.89. The molecule has 3 N–H and O–H groups in total. The van der Waals surface area contributed by atoms with E-state index in [4.69, 9.17) is 5.11 Å². The van der Waals surface area contributed by atoms with E-state index in [0.29, 0.717) is 18.2 Å². The molecule has 0 aliphatic heterocycles. The summed E-state index contributed by atoms with van der Waals surface area (Å²) < 4.78 is 1.81. The summed E-state index contributed by atoms with van der Waals surface area (Å²) in [5.74, 6) is -0.324. The molecule has 0 spiro atoms. The maximum atomic E-state index is 12.0. The Morgan fingerprint density at radius 1 is 1.46 bits per heavy atom. The summed E-state index contributed by atoms with van der Waals surface area (Å²) in [5, 5.41) is 18.8. The molecular weight excluding hydrogens is 310 g/mol. The first-order valence-corrected chi connectivity index (χ1v) is 8.43. The van der Waals surface area contributed by atoms with Crippen molar-refractivity contribution in [1.29, 1.82) is 0 Å². The number of carbonyl (C=O) groups is 2. The summed E-state index contributed by atoms with van der Waals surface area (Å²) in [6, 6.07) is 0.0672. The second kappa shape index (κ2) is 8.14. The zero-order valence-electron chi connectivity index (χ0n) is 14.5. The van der Waals surface area contributed by atoms with Gasteiger partial charge in [0.25, 0.3) is 0 Å². The summed E-state index contributed by atoms with van der Waals surface area (Å²) in [5.41, 5.74) is 0.671. The van der Waals surface area contributed by atoms with Gasteiger partial charge in [0.2, 0.25) is 0 Å². The standard InChI is InChI=1S/C16H27N5O3/c1-4-20(10-15(22)23)14-5-12(6-14)18-16(24)19-13-7-17-21(9-13)8-11(2)3/h7,9,11-12,14H,4-6,8,10H2,1-3H3,(H,22,23)(H2,18,19,24). The molecule has 0 unspecified atom stereocenters. The van der Waals surface area contributed by atoms with Gasteiger partial charge in [0.05, 0.1) is 18.4 Å². The predicted octanol–water partition coefficient (Wildman–Crippen LogP) is 1.60. The van der Waals surface area contributed by atoms with Gasteiger partial charge in [-0.25, -0.2) is 4.79 Å². The smallest absolute Gasteiger partial charge is 0.319 e. The number of nitrogens with zero attached hydrogens (tertiary/aromatic N) is 3. The molecule has 0 bridgehead atoms. The Labute approximate surface area is 142 Å². The molecule has 8 nitrogen and oxygen atoms in total. The van der Waals surface area contributed by atoms with Crippen LogP contribution in [0, 0.1) is 5.92 Å². The summed E-state index contributed by atoms with van der Waals surface area (Å²) in [6.07, 6.45) is 5.01. The van der Waals surface area contributed by atoms with Gasteiger partial charge in [0.15, 0.2) is 0 Å². The number of likely N-dealkylation sites (N-methyl/N-ethyl adjacent to an activating group) is 1. The number of hydrogen-bond acceptors (Lipinski definition) is 4. The minimum absolute atomic E-state index is 0.0507. The highest BCUT2D eigenvalue weighted by Gasteiger charge is 2.34. The van der Waals surface area contributed by atoms with Crippen LogP contribution in [-0.4, -0.2) is 57.0 Å². The van der Waals surface area contributed by atoms with Crippen LogP contribution < -0.4 is 10.6 Å². The third kappa shape index (κ3) is 5.23. The number of carbonyl (C=O) groups excluding carboxylic acids is 1. The molecular formula is C16H27N5O3. The minimum Gasteiger partial charge on any atom is -0.480 e. The van der Waals surface area contributed by atoms with Crippen molar-refractivity contribution >= 4 is 17.7 Å². The van der Waals surface area contributed by atoms with E-state index in [9.17, 15) is 9.59 Å². The predicted molar refractivity (Wildman–Crippen MR) is 90.9 cm³/mol.